The van der Waals surface area contributed by atoms with Crippen LogP contribution in [0, 0.1) is 0 Å². The molecule has 0 aromatic heterocycles. The second-order valence-electron chi connectivity index (χ2n) is 9.38. The monoisotopic (exact) mass is 508 g/mol. The van der Waals surface area contributed by atoms with E-state index in [1.165, 1.54) is 19.3 Å². The molecule has 1 aliphatic heterocycles. The van der Waals surface area contributed by atoms with Crippen molar-refractivity contribution in [3.63, 3.8) is 0 Å². The molecule has 1 heterocycles. The number of hydrogen-bond acceptors (Lipinski definition) is 5. The molecule has 1 fully saturated rings. The maximum atomic E-state index is 13.2. The number of amides is 2. The molecule has 1 unspecified atom stereocenters. The lowest BCUT2D eigenvalue weighted by Crippen LogP contribution is -2.59. The van der Waals surface area contributed by atoms with Crippen molar-refractivity contribution in [3.05, 3.63) is 54.1 Å². The normalized spacial score (nSPS) is 16.0. The Morgan fingerprint density at radius 2 is 1.57 bits per heavy atom. The predicted octanol–water partition coefficient (Wildman–Crippen LogP) is 5.12. The minimum Gasteiger partial charge on any atom is -0.493 e. The van der Waals surface area contributed by atoms with E-state index in [0.29, 0.717) is 30.2 Å². The minimum atomic E-state index is -0.508. The Labute approximate surface area is 221 Å². The highest BCUT2D eigenvalue weighted by molar-refractivity contribution is 5.95. The van der Waals surface area contributed by atoms with Gasteiger partial charge >= 0.3 is 0 Å². The van der Waals surface area contributed by atoms with E-state index in [1.807, 2.05) is 42.5 Å². The smallest absolute Gasteiger partial charge is 0.246 e. The fourth-order valence-corrected chi connectivity index (χ4v) is 4.59. The zero-order valence-electron chi connectivity index (χ0n) is 22.8. The van der Waals surface area contributed by atoms with E-state index >= 15 is 0 Å². The van der Waals surface area contributed by atoms with Crippen LogP contribution in [-0.4, -0.2) is 69.1 Å². The third-order valence-electron chi connectivity index (χ3n) is 6.88. The summed E-state index contributed by atoms with van der Waals surface area (Å²) in [6.45, 7) is 2.81. The highest BCUT2D eigenvalue weighted by Gasteiger charge is 2.36. The molecule has 200 valence electrons. The maximum Gasteiger partial charge on any atom is 0.246 e. The molecule has 7 nitrogen and oxygen atoms in total. The van der Waals surface area contributed by atoms with Crippen LogP contribution in [0.4, 0.5) is 0 Å². The predicted molar refractivity (Wildman–Crippen MR) is 146 cm³/mol. The standard InChI is InChI=1S/C30H40N2O5/c1-6-7-8-9-10-11-12-17-32-21-28(33)31(2)25(30(32)34)18-22-13-15-23(16-14-22)24-19-26(35-3)29(37-5)27(20-24)36-4/h11-16,19-20,25H,6-10,17-18,21H2,1-5H3/b12-11+. The van der Waals surface area contributed by atoms with Gasteiger partial charge in [-0.05, 0) is 41.7 Å². The van der Waals surface area contributed by atoms with E-state index in [-0.39, 0.29) is 18.4 Å². The molecule has 0 N–H and O–H groups in total. The summed E-state index contributed by atoms with van der Waals surface area (Å²) in [6.07, 6.45) is 10.5. The van der Waals surface area contributed by atoms with Gasteiger partial charge in [-0.3, -0.25) is 9.59 Å². The molecule has 2 amide bonds. The molecule has 2 aromatic carbocycles. The fourth-order valence-electron chi connectivity index (χ4n) is 4.59. The summed E-state index contributed by atoms with van der Waals surface area (Å²) in [7, 11) is 6.48. The molecule has 3 rings (SSSR count). The number of carbonyl (C=O) groups is 2. The number of carbonyl (C=O) groups excluding carboxylic acids is 2. The Hall–Kier alpha value is -3.48. The maximum absolute atomic E-state index is 13.2. The quantitative estimate of drug-likeness (QED) is 0.278. The lowest BCUT2D eigenvalue weighted by atomic mass is 9.98. The Bertz CT molecular complexity index is 1050. The summed E-state index contributed by atoms with van der Waals surface area (Å²) in [5.41, 5.74) is 2.89. The first-order valence-corrected chi connectivity index (χ1v) is 13.0. The molecule has 0 spiro atoms. The molecule has 1 aliphatic rings. The van der Waals surface area contributed by atoms with Crippen molar-refractivity contribution in [2.45, 2.75) is 51.5 Å². The molecule has 1 saturated heterocycles. The number of ether oxygens (including phenoxy) is 3. The van der Waals surface area contributed by atoms with Crippen LogP contribution in [0.1, 0.15) is 44.6 Å². The summed E-state index contributed by atoms with van der Waals surface area (Å²) in [4.78, 5) is 29.1. The molecule has 7 heteroatoms. The molecule has 2 aromatic rings. The number of allylic oxidation sites excluding steroid dienone is 1. The average molecular weight is 509 g/mol. The Balaban J connectivity index is 1.69. The highest BCUT2D eigenvalue weighted by atomic mass is 16.5. The molecule has 0 radical (unpaired) electrons. The zero-order chi connectivity index (χ0) is 26.8. The van der Waals surface area contributed by atoms with Gasteiger partial charge in [-0.25, -0.2) is 0 Å². The second kappa shape index (κ2) is 13.7. The first-order valence-electron chi connectivity index (χ1n) is 13.0. The number of unbranched alkanes of at least 4 members (excludes halogenated alkanes) is 4. The van der Waals surface area contributed by atoms with Gasteiger partial charge in [-0.1, -0.05) is 62.6 Å². The van der Waals surface area contributed by atoms with Gasteiger partial charge in [0, 0.05) is 20.0 Å². The van der Waals surface area contributed by atoms with Gasteiger partial charge in [0.25, 0.3) is 0 Å². The van der Waals surface area contributed by atoms with Crippen LogP contribution in [0.15, 0.2) is 48.6 Å². The van der Waals surface area contributed by atoms with Crippen molar-refractivity contribution >= 4 is 11.8 Å². The molecule has 37 heavy (non-hydrogen) atoms. The van der Waals surface area contributed by atoms with E-state index in [0.717, 1.165) is 29.5 Å². The van der Waals surface area contributed by atoms with Crippen LogP contribution in [0.25, 0.3) is 11.1 Å². The fraction of sp³-hybridized carbons (Fsp3) is 0.467. The number of hydrogen-bond donors (Lipinski definition) is 0. The number of nitrogens with zero attached hydrogens (tertiary/aromatic N) is 2. The molecular weight excluding hydrogens is 468 g/mol. The summed E-state index contributed by atoms with van der Waals surface area (Å²) >= 11 is 0. The van der Waals surface area contributed by atoms with Crippen molar-refractivity contribution in [2.24, 2.45) is 0 Å². The first-order chi connectivity index (χ1) is 17.9. The topological polar surface area (TPSA) is 68.3 Å². The molecule has 1 atom stereocenters. The zero-order valence-corrected chi connectivity index (χ0v) is 22.8. The third kappa shape index (κ3) is 7.06. The van der Waals surface area contributed by atoms with Crippen LogP contribution >= 0.6 is 0 Å². The molecule has 0 saturated carbocycles. The number of piperazine rings is 1. The lowest BCUT2D eigenvalue weighted by Gasteiger charge is -2.38. The van der Waals surface area contributed by atoms with E-state index in [1.54, 1.807) is 38.2 Å². The van der Waals surface area contributed by atoms with Crippen LogP contribution in [0.3, 0.4) is 0 Å². The summed E-state index contributed by atoms with van der Waals surface area (Å²) in [6, 6.07) is 11.3. The van der Waals surface area contributed by atoms with E-state index in [4.69, 9.17) is 14.2 Å². The van der Waals surface area contributed by atoms with Gasteiger partial charge in [0.1, 0.15) is 12.6 Å². The SMILES string of the molecule is CCCCCC/C=C/CN1CC(=O)N(C)C(Cc2ccc(-c3cc(OC)c(OC)c(OC)c3)cc2)C1=O. The molecule has 0 bridgehead atoms. The van der Waals surface area contributed by atoms with E-state index in [2.05, 4.69) is 13.0 Å². The van der Waals surface area contributed by atoms with Gasteiger partial charge < -0.3 is 24.0 Å². The Morgan fingerprint density at radius 3 is 2.16 bits per heavy atom. The summed E-state index contributed by atoms with van der Waals surface area (Å²) < 4.78 is 16.4. The van der Waals surface area contributed by atoms with Crippen molar-refractivity contribution in [3.8, 4) is 28.4 Å². The average Bonchev–Trinajstić information content (AvgIpc) is 2.92. The second-order valence-corrected chi connectivity index (χ2v) is 9.38. The van der Waals surface area contributed by atoms with Crippen molar-refractivity contribution in [1.82, 2.24) is 9.80 Å². The van der Waals surface area contributed by atoms with E-state index < -0.39 is 6.04 Å². The van der Waals surface area contributed by atoms with Gasteiger partial charge in [0.05, 0.1) is 21.3 Å². The van der Waals surface area contributed by atoms with E-state index in [9.17, 15) is 9.59 Å². The van der Waals surface area contributed by atoms with Crippen molar-refractivity contribution in [1.29, 1.82) is 0 Å². The first kappa shape index (κ1) is 28.1. The van der Waals surface area contributed by atoms with Gasteiger partial charge in [-0.15, -0.1) is 0 Å². The number of methoxy groups -OCH3 is 3. The van der Waals surface area contributed by atoms with Crippen LogP contribution in [0.5, 0.6) is 17.2 Å². The molecule has 0 aliphatic carbocycles. The summed E-state index contributed by atoms with van der Waals surface area (Å²) in [5.74, 6) is 1.68. The minimum absolute atomic E-state index is 0.00793. The van der Waals surface area contributed by atoms with Crippen molar-refractivity contribution < 1.29 is 23.8 Å². The van der Waals surface area contributed by atoms with Crippen molar-refractivity contribution in [2.75, 3.05) is 41.5 Å². The van der Waals surface area contributed by atoms with Gasteiger partial charge in [0.2, 0.25) is 17.6 Å². The van der Waals surface area contributed by atoms with Crippen LogP contribution in [0.2, 0.25) is 0 Å². The van der Waals surface area contributed by atoms with Crippen LogP contribution < -0.4 is 14.2 Å². The summed E-state index contributed by atoms with van der Waals surface area (Å²) in [5, 5.41) is 0. The number of benzene rings is 2. The van der Waals surface area contributed by atoms with Crippen LogP contribution in [-0.2, 0) is 16.0 Å². The lowest BCUT2D eigenvalue weighted by molar-refractivity contribution is -0.153. The Kier molecular flexibility index (Phi) is 10.4. The van der Waals surface area contributed by atoms with Gasteiger partial charge in [-0.2, -0.15) is 0 Å². The van der Waals surface area contributed by atoms with Gasteiger partial charge in [0.15, 0.2) is 11.5 Å². The highest BCUT2D eigenvalue weighted by Crippen LogP contribution is 2.41. The third-order valence-corrected chi connectivity index (χ3v) is 6.88. The molecular formula is C30H40N2O5. The Morgan fingerprint density at radius 1 is 0.892 bits per heavy atom. The number of likely N-dealkylation sites (N-methyl/N-ethyl adjacent to an activating group) is 1. The largest absolute Gasteiger partial charge is 0.493 e. The number of rotatable bonds is 13.